The number of rotatable bonds is 29. The summed E-state index contributed by atoms with van der Waals surface area (Å²) in [4.78, 5) is 90.0. The minimum absolute atomic E-state index is 0.0836. The standard InChI is InChI=1S/C58H94N8O6/c1-43(59-9)53(69)61-51(57(3,4)5)55(71)65-37-25-31-47(65)41-63(39-35-45-27-19-17-20-28-45)49(67)33-23-15-13-11-12-14-16-24-34-50(68)64(40-36-46-29-21-18-22-30-46)42-48-32-26-38-66(48)56(72)52(58(6,7)8)62-54(70)44(2)60-10/h17-22,27-30,43-44,47-48,51-52,59-60H,11-16,23-26,31-42H2,1-10H3,(H,61,69)(H,62,70)/t43-,44-,47-,48+,51+,52+/m0/s1. The van der Waals surface area contributed by atoms with Gasteiger partial charge in [0.15, 0.2) is 0 Å². The topological polar surface area (TPSA) is 163 Å². The minimum Gasteiger partial charge on any atom is -0.342 e. The van der Waals surface area contributed by atoms with E-state index in [-0.39, 0.29) is 47.5 Å². The van der Waals surface area contributed by atoms with Gasteiger partial charge in [0, 0.05) is 64.2 Å². The predicted molar refractivity (Wildman–Crippen MR) is 289 cm³/mol. The van der Waals surface area contributed by atoms with E-state index in [0.29, 0.717) is 52.1 Å². The van der Waals surface area contributed by atoms with Crippen molar-refractivity contribution in [2.45, 2.75) is 194 Å². The van der Waals surface area contributed by atoms with Gasteiger partial charge in [0.1, 0.15) is 12.1 Å². The van der Waals surface area contributed by atoms with Crippen LogP contribution >= 0.6 is 0 Å². The molecule has 2 heterocycles. The summed E-state index contributed by atoms with van der Waals surface area (Å²) in [6, 6.07) is 18.0. The number of unbranched alkanes of at least 4 members (excludes halogenated alkanes) is 7. The Morgan fingerprint density at radius 1 is 0.542 bits per heavy atom. The number of benzene rings is 2. The Bertz CT molecular complexity index is 1850. The lowest BCUT2D eigenvalue weighted by atomic mass is 9.85. The van der Waals surface area contributed by atoms with Crippen molar-refractivity contribution in [3.63, 3.8) is 0 Å². The first-order chi connectivity index (χ1) is 34.2. The third-order valence-electron chi connectivity index (χ3n) is 14.9. The summed E-state index contributed by atoms with van der Waals surface area (Å²) < 4.78 is 0. The highest BCUT2D eigenvalue weighted by atomic mass is 16.2. The number of hydrogen-bond donors (Lipinski definition) is 4. The van der Waals surface area contributed by atoms with Crippen LogP contribution in [0.3, 0.4) is 0 Å². The molecule has 0 aromatic heterocycles. The molecule has 2 aliphatic rings. The van der Waals surface area contributed by atoms with Gasteiger partial charge in [0.25, 0.3) is 0 Å². The van der Waals surface area contributed by atoms with Crippen LogP contribution < -0.4 is 21.3 Å². The Morgan fingerprint density at radius 3 is 1.19 bits per heavy atom. The highest BCUT2D eigenvalue weighted by molar-refractivity contribution is 5.91. The van der Waals surface area contributed by atoms with E-state index in [9.17, 15) is 28.8 Å². The van der Waals surface area contributed by atoms with Crippen molar-refractivity contribution in [3.8, 4) is 0 Å². The Labute approximate surface area is 433 Å². The zero-order valence-corrected chi connectivity index (χ0v) is 46.0. The van der Waals surface area contributed by atoms with Crippen LogP contribution in [-0.2, 0) is 41.6 Å². The van der Waals surface area contributed by atoms with E-state index in [4.69, 9.17) is 0 Å². The van der Waals surface area contributed by atoms with Crippen LogP contribution in [0.2, 0.25) is 0 Å². The quantitative estimate of drug-likeness (QED) is 0.0618. The van der Waals surface area contributed by atoms with Crippen molar-refractivity contribution < 1.29 is 28.8 Å². The van der Waals surface area contributed by atoms with E-state index >= 15 is 0 Å². The second-order valence-electron chi connectivity index (χ2n) is 22.8. The Hall–Kier alpha value is -4.82. The predicted octanol–water partition coefficient (Wildman–Crippen LogP) is 7.29. The number of carbonyl (C=O) groups is 6. The molecule has 0 aliphatic carbocycles. The third-order valence-corrected chi connectivity index (χ3v) is 14.9. The van der Waals surface area contributed by atoms with Gasteiger partial charge in [-0.3, -0.25) is 28.8 Å². The van der Waals surface area contributed by atoms with E-state index in [1.165, 1.54) is 11.1 Å². The molecule has 2 aromatic carbocycles. The monoisotopic (exact) mass is 999 g/mol. The lowest BCUT2D eigenvalue weighted by Crippen LogP contribution is -2.59. The molecule has 6 atom stereocenters. The molecule has 72 heavy (non-hydrogen) atoms. The summed E-state index contributed by atoms with van der Waals surface area (Å²) in [6.07, 6.45) is 13.6. The SMILES string of the molecule is CN[C@@H](C)C(=O)N[C@H](C(=O)N1CCC[C@@H]1CN(CCc1ccccc1)C(=O)CCCCCCCCCCC(=O)N(CCc1ccccc1)C[C@@H]1CCCN1C(=O)[C@@H](NC(=O)[C@H](C)NC)C(C)(C)C)C(C)(C)C. The van der Waals surface area contributed by atoms with Crippen molar-refractivity contribution in [1.82, 2.24) is 40.9 Å². The highest BCUT2D eigenvalue weighted by Crippen LogP contribution is 2.29. The molecule has 0 bridgehead atoms. The van der Waals surface area contributed by atoms with Gasteiger partial charge in [0.05, 0.1) is 12.1 Å². The van der Waals surface area contributed by atoms with Crippen LogP contribution in [0.5, 0.6) is 0 Å². The molecule has 0 radical (unpaired) electrons. The van der Waals surface area contributed by atoms with Crippen molar-refractivity contribution in [1.29, 1.82) is 0 Å². The maximum absolute atomic E-state index is 14.2. The molecule has 2 fully saturated rings. The molecule has 4 N–H and O–H groups in total. The number of likely N-dealkylation sites (N-methyl/N-ethyl adjacent to an activating group) is 2. The van der Waals surface area contributed by atoms with Crippen LogP contribution in [0.1, 0.15) is 156 Å². The van der Waals surface area contributed by atoms with Gasteiger partial charge in [-0.2, -0.15) is 0 Å². The van der Waals surface area contributed by atoms with Crippen LogP contribution in [0, 0.1) is 10.8 Å². The molecule has 0 spiro atoms. The molecular weight excluding hydrogens is 905 g/mol. The molecule has 2 aliphatic heterocycles. The van der Waals surface area contributed by atoms with E-state index < -0.39 is 35.0 Å². The van der Waals surface area contributed by atoms with E-state index in [1.807, 2.05) is 97.5 Å². The molecular formula is C58H94N8O6. The molecule has 2 saturated heterocycles. The average Bonchev–Trinajstić information content (AvgIpc) is 4.04. The van der Waals surface area contributed by atoms with E-state index in [0.717, 1.165) is 89.9 Å². The maximum Gasteiger partial charge on any atom is 0.246 e. The summed E-state index contributed by atoms with van der Waals surface area (Å²) in [6.45, 7) is 18.8. The Balaban J connectivity index is 1.25. The smallest absolute Gasteiger partial charge is 0.246 e. The minimum atomic E-state index is -0.681. The zero-order chi connectivity index (χ0) is 52.8. The van der Waals surface area contributed by atoms with Gasteiger partial charge < -0.3 is 40.9 Å². The van der Waals surface area contributed by atoms with Crippen LogP contribution in [-0.4, -0.2) is 145 Å². The first-order valence-electron chi connectivity index (χ1n) is 27.4. The first-order valence-corrected chi connectivity index (χ1v) is 27.4. The normalized spacial score (nSPS) is 17.8. The highest BCUT2D eigenvalue weighted by Gasteiger charge is 2.42. The largest absolute Gasteiger partial charge is 0.342 e. The number of nitrogens with zero attached hydrogens (tertiary/aromatic N) is 4. The van der Waals surface area contributed by atoms with Crippen molar-refractivity contribution in [2.75, 3.05) is 53.4 Å². The molecule has 14 nitrogen and oxygen atoms in total. The second-order valence-corrected chi connectivity index (χ2v) is 22.8. The number of carbonyl (C=O) groups excluding carboxylic acids is 6. The fraction of sp³-hybridized carbons (Fsp3) is 0.690. The first kappa shape index (κ1) is 59.7. The number of nitrogens with one attached hydrogen (secondary N) is 4. The molecule has 0 unspecified atom stereocenters. The van der Waals surface area contributed by atoms with Gasteiger partial charge in [-0.15, -0.1) is 0 Å². The molecule has 402 valence electrons. The lowest BCUT2D eigenvalue weighted by Gasteiger charge is -2.37. The number of hydrogen-bond acceptors (Lipinski definition) is 8. The van der Waals surface area contributed by atoms with Crippen molar-refractivity contribution in [2.24, 2.45) is 10.8 Å². The molecule has 2 aromatic rings. The van der Waals surface area contributed by atoms with Crippen LogP contribution in [0.25, 0.3) is 0 Å². The average molecular weight is 999 g/mol. The lowest BCUT2D eigenvalue weighted by molar-refractivity contribution is -0.142. The van der Waals surface area contributed by atoms with Crippen molar-refractivity contribution >= 4 is 35.4 Å². The van der Waals surface area contributed by atoms with E-state index in [2.05, 4.69) is 45.5 Å². The molecule has 4 rings (SSSR count). The van der Waals surface area contributed by atoms with E-state index in [1.54, 1.807) is 27.9 Å². The fourth-order valence-corrected chi connectivity index (χ4v) is 9.95. The maximum atomic E-state index is 14.2. The number of likely N-dealkylation sites (tertiary alicyclic amines) is 2. The van der Waals surface area contributed by atoms with Gasteiger partial charge in [-0.05, 0) is 101 Å². The summed E-state index contributed by atoms with van der Waals surface area (Å²) in [7, 11) is 3.46. The van der Waals surface area contributed by atoms with Gasteiger partial charge in [0.2, 0.25) is 35.4 Å². The summed E-state index contributed by atoms with van der Waals surface area (Å²) in [5.41, 5.74) is 1.36. The molecule has 0 saturated carbocycles. The van der Waals surface area contributed by atoms with Crippen LogP contribution in [0.15, 0.2) is 60.7 Å². The van der Waals surface area contributed by atoms with Gasteiger partial charge in [-0.25, -0.2) is 0 Å². The summed E-state index contributed by atoms with van der Waals surface area (Å²) >= 11 is 0. The summed E-state index contributed by atoms with van der Waals surface area (Å²) in [5.74, 6) is -0.332. The van der Waals surface area contributed by atoms with Gasteiger partial charge in [-0.1, -0.05) is 141 Å². The molecule has 14 heteroatoms. The molecule has 6 amide bonds. The summed E-state index contributed by atoms with van der Waals surface area (Å²) in [5, 5.41) is 12.0. The number of amides is 6. The zero-order valence-electron chi connectivity index (χ0n) is 46.0. The third kappa shape index (κ3) is 19.2. The second kappa shape index (κ2) is 29.8. The fourth-order valence-electron chi connectivity index (χ4n) is 9.95. The van der Waals surface area contributed by atoms with Crippen molar-refractivity contribution in [3.05, 3.63) is 71.8 Å². The Morgan fingerprint density at radius 2 is 0.875 bits per heavy atom. The van der Waals surface area contributed by atoms with Crippen LogP contribution in [0.4, 0.5) is 0 Å². The van der Waals surface area contributed by atoms with Gasteiger partial charge >= 0.3 is 0 Å². The Kier molecular flexibility index (Phi) is 24.7.